The second kappa shape index (κ2) is 7.49. The molecule has 2 aromatic carbocycles. The van der Waals surface area contributed by atoms with Gasteiger partial charge in [0.25, 0.3) is 5.69 Å². The van der Waals surface area contributed by atoms with Crippen molar-refractivity contribution in [3.63, 3.8) is 0 Å². The Morgan fingerprint density at radius 2 is 1.81 bits per heavy atom. The summed E-state index contributed by atoms with van der Waals surface area (Å²) in [7, 11) is -4.34. The van der Waals surface area contributed by atoms with Crippen LogP contribution in [-0.2, 0) is 10.0 Å². The van der Waals surface area contributed by atoms with Gasteiger partial charge >= 0.3 is 0 Å². The lowest BCUT2D eigenvalue weighted by atomic mass is 10.1. The standard InChI is InChI=1S/C17H17FN2O6S/c1-11(12-5-2-3-6-13(12)18)19-27(23,24)17-10-16-15(9-14(17)20(21)22)25-7-4-8-26-16/h2-3,5-6,9-11,19H,4,7-8H2,1H3. The van der Waals surface area contributed by atoms with Crippen molar-refractivity contribution in [1.82, 2.24) is 4.72 Å². The van der Waals surface area contributed by atoms with Crippen molar-refractivity contribution >= 4 is 15.7 Å². The van der Waals surface area contributed by atoms with Crippen LogP contribution in [0, 0.1) is 15.9 Å². The van der Waals surface area contributed by atoms with Crippen LogP contribution in [0.5, 0.6) is 11.5 Å². The van der Waals surface area contributed by atoms with Gasteiger partial charge in [0, 0.05) is 24.1 Å². The maximum atomic E-state index is 13.9. The Morgan fingerprint density at radius 3 is 2.44 bits per heavy atom. The number of sulfonamides is 1. The van der Waals surface area contributed by atoms with Crippen LogP contribution in [0.3, 0.4) is 0 Å². The van der Waals surface area contributed by atoms with Crippen LogP contribution in [0.4, 0.5) is 10.1 Å². The maximum absolute atomic E-state index is 13.9. The molecule has 8 nitrogen and oxygen atoms in total. The minimum absolute atomic E-state index is 0.108. The van der Waals surface area contributed by atoms with Crippen molar-refractivity contribution in [3.05, 3.63) is 57.9 Å². The Kier molecular flexibility index (Phi) is 5.29. The molecular formula is C17H17FN2O6S. The molecule has 1 aliphatic heterocycles. The van der Waals surface area contributed by atoms with Crippen LogP contribution in [0.15, 0.2) is 41.3 Å². The topological polar surface area (TPSA) is 108 Å². The van der Waals surface area contributed by atoms with Gasteiger partial charge in [0.2, 0.25) is 10.0 Å². The summed E-state index contributed by atoms with van der Waals surface area (Å²) >= 11 is 0. The monoisotopic (exact) mass is 396 g/mol. The second-order valence-electron chi connectivity index (χ2n) is 5.94. The minimum Gasteiger partial charge on any atom is -0.490 e. The number of nitro benzene ring substituents is 1. The Balaban J connectivity index is 2.01. The summed E-state index contributed by atoms with van der Waals surface area (Å²) < 4.78 is 52.6. The number of benzene rings is 2. The van der Waals surface area contributed by atoms with E-state index in [1.165, 1.54) is 25.1 Å². The average molecular weight is 396 g/mol. The SMILES string of the molecule is CC(NS(=O)(=O)c1cc2c(cc1[N+](=O)[O-])OCCCO2)c1ccccc1F. The molecule has 0 radical (unpaired) electrons. The van der Waals surface area contributed by atoms with E-state index in [0.29, 0.717) is 19.6 Å². The molecule has 1 aliphatic rings. The zero-order valence-electron chi connectivity index (χ0n) is 14.3. The summed E-state index contributed by atoms with van der Waals surface area (Å²) in [6, 6.07) is 6.85. The van der Waals surface area contributed by atoms with Crippen molar-refractivity contribution < 1.29 is 27.2 Å². The zero-order chi connectivity index (χ0) is 19.6. The van der Waals surface area contributed by atoms with Gasteiger partial charge in [-0.15, -0.1) is 0 Å². The first-order chi connectivity index (χ1) is 12.8. The molecule has 0 fully saturated rings. The van der Waals surface area contributed by atoms with Crippen LogP contribution in [-0.4, -0.2) is 26.6 Å². The van der Waals surface area contributed by atoms with Crippen molar-refractivity contribution in [3.8, 4) is 11.5 Å². The van der Waals surface area contributed by atoms with Crippen LogP contribution < -0.4 is 14.2 Å². The summed E-state index contributed by atoms with van der Waals surface area (Å²) in [5, 5.41) is 11.4. The third-order valence-electron chi connectivity index (χ3n) is 4.02. The molecule has 0 aliphatic carbocycles. The first kappa shape index (κ1) is 19.1. The largest absolute Gasteiger partial charge is 0.490 e. The molecule has 10 heteroatoms. The van der Waals surface area contributed by atoms with Crippen molar-refractivity contribution in [2.75, 3.05) is 13.2 Å². The van der Waals surface area contributed by atoms with Gasteiger partial charge < -0.3 is 9.47 Å². The van der Waals surface area contributed by atoms with Crippen LogP contribution in [0.1, 0.15) is 24.9 Å². The Labute approximate surface area is 155 Å². The molecule has 0 aromatic heterocycles. The van der Waals surface area contributed by atoms with E-state index in [2.05, 4.69) is 4.72 Å². The van der Waals surface area contributed by atoms with Crippen molar-refractivity contribution in [2.24, 2.45) is 0 Å². The number of nitrogens with zero attached hydrogens (tertiary/aromatic N) is 1. The predicted octanol–water partition coefficient (Wildman–Crippen LogP) is 2.93. The van der Waals surface area contributed by atoms with Gasteiger partial charge in [0.1, 0.15) is 5.82 Å². The normalized spacial score (nSPS) is 15.0. The van der Waals surface area contributed by atoms with E-state index >= 15 is 0 Å². The number of rotatable bonds is 5. The fourth-order valence-corrected chi connectivity index (χ4v) is 4.11. The zero-order valence-corrected chi connectivity index (χ0v) is 15.2. The molecule has 2 aromatic rings. The van der Waals surface area contributed by atoms with Gasteiger partial charge in [-0.3, -0.25) is 10.1 Å². The smallest absolute Gasteiger partial charge is 0.293 e. The van der Waals surface area contributed by atoms with Gasteiger partial charge in [0.05, 0.1) is 24.2 Å². The molecule has 1 heterocycles. The molecule has 27 heavy (non-hydrogen) atoms. The molecule has 0 saturated heterocycles. The van der Waals surface area contributed by atoms with Gasteiger partial charge in [-0.25, -0.2) is 17.5 Å². The predicted molar refractivity (Wildman–Crippen MR) is 93.8 cm³/mol. The molecule has 1 N–H and O–H groups in total. The van der Waals surface area contributed by atoms with E-state index in [1.54, 1.807) is 6.07 Å². The van der Waals surface area contributed by atoms with E-state index in [-0.39, 0.29) is 17.1 Å². The third-order valence-corrected chi connectivity index (χ3v) is 5.59. The highest BCUT2D eigenvalue weighted by atomic mass is 32.2. The Hall–Kier alpha value is -2.72. The second-order valence-corrected chi connectivity index (χ2v) is 7.62. The quantitative estimate of drug-likeness (QED) is 0.615. The molecule has 0 amide bonds. The summed E-state index contributed by atoms with van der Waals surface area (Å²) in [5.74, 6) is -0.363. The van der Waals surface area contributed by atoms with Crippen molar-refractivity contribution in [1.29, 1.82) is 0 Å². The number of hydrogen-bond donors (Lipinski definition) is 1. The molecule has 0 spiro atoms. The van der Waals surface area contributed by atoms with Crippen LogP contribution in [0.25, 0.3) is 0 Å². The summed E-state index contributed by atoms with van der Waals surface area (Å²) in [6.07, 6.45) is 0.563. The first-order valence-electron chi connectivity index (χ1n) is 8.14. The number of ether oxygens (including phenoxy) is 2. The lowest BCUT2D eigenvalue weighted by Crippen LogP contribution is -2.28. The summed E-state index contributed by atoms with van der Waals surface area (Å²) in [4.78, 5) is 10.0. The minimum atomic E-state index is -4.34. The summed E-state index contributed by atoms with van der Waals surface area (Å²) in [6.45, 7) is 2.05. The number of nitrogens with one attached hydrogen (secondary N) is 1. The summed E-state index contributed by atoms with van der Waals surface area (Å²) in [5.41, 5.74) is -0.523. The molecule has 0 bridgehead atoms. The number of nitro groups is 1. The molecule has 1 unspecified atom stereocenters. The van der Waals surface area contributed by atoms with E-state index in [1.807, 2.05) is 0 Å². The number of fused-ring (bicyclic) bond motifs is 1. The lowest BCUT2D eigenvalue weighted by molar-refractivity contribution is -0.387. The van der Waals surface area contributed by atoms with Gasteiger partial charge in [0.15, 0.2) is 16.4 Å². The molecule has 0 saturated carbocycles. The molecule has 1 atom stereocenters. The highest BCUT2D eigenvalue weighted by Crippen LogP contribution is 2.38. The fourth-order valence-electron chi connectivity index (χ4n) is 2.72. The Bertz CT molecular complexity index is 979. The maximum Gasteiger partial charge on any atom is 0.293 e. The van der Waals surface area contributed by atoms with Gasteiger partial charge in [-0.2, -0.15) is 0 Å². The number of halogens is 1. The van der Waals surface area contributed by atoms with Crippen LogP contribution in [0.2, 0.25) is 0 Å². The van der Waals surface area contributed by atoms with Crippen LogP contribution >= 0.6 is 0 Å². The number of hydrogen-bond acceptors (Lipinski definition) is 6. The van der Waals surface area contributed by atoms with E-state index < -0.39 is 37.4 Å². The van der Waals surface area contributed by atoms with E-state index in [9.17, 15) is 22.9 Å². The molecule has 3 rings (SSSR count). The average Bonchev–Trinajstić information content (AvgIpc) is 2.85. The van der Waals surface area contributed by atoms with Gasteiger partial charge in [-0.05, 0) is 13.0 Å². The Morgan fingerprint density at radius 1 is 1.19 bits per heavy atom. The lowest BCUT2D eigenvalue weighted by Gasteiger charge is -2.16. The highest BCUT2D eigenvalue weighted by molar-refractivity contribution is 7.89. The third kappa shape index (κ3) is 4.01. The molecule has 144 valence electrons. The van der Waals surface area contributed by atoms with Crippen molar-refractivity contribution in [2.45, 2.75) is 24.3 Å². The molecular weight excluding hydrogens is 379 g/mol. The van der Waals surface area contributed by atoms with E-state index in [4.69, 9.17) is 9.47 Å². The first-order valence-corrected chi connectivity index (χ1v) is 9.62. The highest BCUT2D eigenvalue weighted by Gasteiger charge is 2.31. The van der Waals surface area contributed by atoms with E-state index in [0.717, 1.165) is 12.1 Å². The fraction of sp³-hybridized carbons (Fsp3) is 0.294. The van der Waals surface area contributed by atoms with Gasteiger partial charge in [-0.1, -0.05) is 18.2 Å².